The lowest BCUT2D eigenvalue weighted by Gasteiger charge is -2.17. The van der Waals surface area contributed by atoms with Gasteiger partial charge < -0.3 is 14.6 Å². The first kappa shape index (κ1) is 10.5. The van der Waals surface area contributed by atoms with E-state index in [1.54, 1.807) is 6.26 Å². The van der Waals surface area contributed by atoms with Crippen molar-refractivity contribution >= 4 is 0 Å². The molecule has 1 aliphatic carbocycles. The fourth-order valence-corrected chi connectivity index (χ4v) is 2.19. The highest BCUT2D eigenvalue weighted by Crippen LogP contribution is 2.29. The van der Waals surface area contributed by atoms with E-state index < -0.39 is 0 Å². The molecule has 1 aliphatic rings. The Balaban J connectivity index is 1.92. The van der Waals surface area contributed by atoms with E-state index in [0.29, 0.717) is 24.2 Å². The van der Waals surface area contributed by atoms with E-state index in [9.17, 15) is 0 Å². The molecule has 90 valence electrons. The van der Waals surface area contributed by atoms with Crippen LogP contribution in [0.25, 0.3) is 11.8 Å². The number of aromatic nitrogens is 2. The highest BCUT2D eigenvalue weighted by atomic mass is 16.4. The van der Waals surface area contributed by atoms with Crippen molar-refractivity contribution < 1.29 is 8.83 Å². The minimum Gasteiger partial charge on any atom is -0.441 e. The number of nitrogens with zero attached hydrogens (tertiary/aromatic N) is 2. The summed E-state index contributed by atoms with van der Waals surface area (Å²) in [5.41, 5.74) is 7.53. The van der Waals surface area contributed by atoms with Crippen molar-refractivity contribution in [2.45, 2.75) is 26.2 Å². The van der Waals surface area contributed by atoms with E-state index in [4.69, 9.17) is 14.6 Å². The molecule has 0 saturated carbocycles. The summed E-state index contributed by atoms with van der Waals surface area (Å²) in [6.07, 6.45) is 4.48. The molecule has 2 aromatic heterocycles. The molecular formula is C12H15N3O2. The Morgan fingerprint density at radius 2 is 2.29 bits per heavy atom. The molecule has 0 amide bonds. The summed E-state index contributed by atoms with van der Waals surface area (Å²) in [5, 5.41) is 0. The van der Waals surface area contributed by atoms with Crippen molar-refractivity contribution in [1.29, 1.82) is 0 Å². The zero-order valence-electron chi connectivity index (χ0n) is 9.77. The maximum absolute atomic E-state index is 5.69. The number of oxazole rings is 2. The first-order valence-corrected chi connectivity index (χ1v) is 5.87. The first-order chi connectivity index (χ1) is 8.26. The van der Waals surface area contributed by atoms with Crippen LogP contribution in [0.1, 0.15) is 23.6 Å². The van der Waals surface area contributed by atoms with Crippen molar-refractivity contribution in [3.8, 4) is 11.8 Å². The second-order valence-corrected chi connectivity index (χ2v) is 4.53. The van der Waals surface area contributed by atoms with Gasteiger partial charge in [0, 0.05) is 6.42 Å². The van der Waals surface area contributed by atoms with E-state index >= 15 is 0 Å². The van der Waals surface area contributed by atoms with Gasteiger partial charge in [0.1, 0.15) is 12.0 Å². The van der Waals surface area contributed by atoms with Crippen LogP contribution < -0.4 is 5.73 Å². The Kier molecular flexibility index (Phi) is 2.48. The predicted molar refractivity (Wildman–Crippen MR) is 61.3 cm³/mol. The average Bonchev–Trinajstić information content (AvgIpc) is 2.93. The van der Waals surface area contributed by atoms with E-state index in [-0.39, 0.29) is 0 Å². The van der Waals surface area contributed by atoms with Crippen LogP contribution in [-0.4, -0.2) is 16.5 Å². The fourth-order valence-electron chi connectivity index (χ4n) is 2.19. The minimum atomic E-state index is 0.459. The molecule has 0 spiro atoms. The van der Waals surface area contributed by atoms with Gasteiger partial charge in [-0.05, 0) is 32.2 Å². The van der Waals surface area contributed by atoms with Crippen molar-refractivity contribution in [2.24, 2.45) is 11.7 Å². The maximum atomic E-state index is 5.69. The predicted octanol–water partition coefficient (Wildman–Crippen LogP) is 1.70. The highest BCUT2D eigenvalue weighted by molar-refractivity contribution is 5.39. The molecule has 1 atom stereocenters. The summed E-state index contributed by atoms with van der Waals surface area (Å²) in [6.45, 7) is 2.58. The molecule has 0 bridgehead atoms. The number of aryl methyl sites for hydroxylation is 2. The Morgan fingerprint density at radius 3 is 3.00 bits per heavy atom. The summed E-state index contributed by atoms with van der Waals surface area (Å²) in [5.74, 6) is 2.43. The molecule has 2 heterocycles. The second-order valence-electron chi connectivity index (χ2n) is 4.53. The van der Waals surface area contributed by atoms with Gasteiger partial charge in [0.2, 0.25) is 0 Å². The zero-order valence-corrected chi connectivity index (χ0v) is 9.77. The van der Waals surface area contributed by atoms with Crippen LogP contribution in [0.5, 0.6) is 0 Å². The third-order valence-electron chi connectivity index (χ3n) is 3.18. The van der Waals surface area contributed by atoms with Gasteiger partial charge in [-0.2, -0.15) is 0 Å². The van der Waals surface area contributed by atoms with E-state index in [2.05, 4.69) is 9.97 Å². The van der Waals surface area contributed by atoms with Gasteiger partial charge in [0.15, 0.2) is 0 Å². The molecule has 0 aliphatic heterocycles. The van der Waals surface area contributed by atoms with Crippen LogP contribution in [0.3, 0.4) is 0 Å². The topological polar surface area (TPSA) is 78.1 Å². The maximum Gasteiger partial charge on any atom is 0.284 e. The lowest BCUT2D eigenvalue weighted by Crippen LogP contribution is -2.21. The van der Waals surface area contributed by atoms with Crippen LogP contribution in [0.15, 0.2) is 15.1 Å². The van der Waals surface area contributed by atoms with Crippen molar-refractivity contribution in [3.05, 3.63) is 23.4 Å². The molecule has 5 nitrogen and oxygen atoms in total. The van der Waals surface area contributed by atoms with Gasteiger partial charge in [-0.3, -0.25) is 0 Å². The van der Waals surface area contributed by atoms with Crippen LogP contribution in [0.4, 0.5) is 0 Å². The molecule has 0 saturated heterocycles. The molecule has 0 fully saturated rings. The molecule has 0 aromatic carbocycles. The molecular weight excluding hydrogens is 218 g/mol. The van der Waals surface area contributed by atoms with Crippen molar-refractivity contribution in [2.75, 3.05) is 6.54 Å². The second kappa shape index (κ2) is 4.00. The highest BCUT2D eigenvalue weighted by Gasteiger charge is 2.24. The van der Waals surface area contributed by atoms with Gasteiger partial charge in [0.25, 0.3) is 11.8 Å². The normalized spacial score (nSPS) is 19.3. The van der Waals surface area contributed by atoms with Crippen LogP contribution in [0, 0.1) is 12.8 Å². The summed E-state index contributed by atoms with van der Waals surface area (Å²) in [4.78, 5) is 8.67. The van der Waals surface area contributed by atoms with Crippen LogP contribution >= 0.6 is 0 Å². The minimum absolute atomic E-state index is 0.459. The summed E-state index contributed by atoms with van der Waals surface area (Å²) < 4.78 is 11.0. The largest absolute Gasteiger partial charge is 0.441 e. The quantitative estimate of drug-likeness (QED) is 0.854. The molecule has 17 heavy (non-hydrogen) atoms. The van der Waals surface area contributed by atoms with Crippen molar-refractivity contribution in [1.82, 2.24) is 9.97 Å². The molecule has 2 N–H and O–H groups in total. The van der Waals surface area contributed by atoms with Crippen LogP contribution in [-0.2, 0) is 12.8 Å². The van der Waals surface area contributed by atoms with Gasteiger partial charge in [-0.15, -0.1) is 0 Å². The molecule has 5 heteroatoms. The number of hydrogen-bond acceptors (Lipinski definition) is 5. The first-order valence-electron chi connectivity index (χ1n) is 5.87. The Morgan fingerprint density at radius 1 is 1.41 bits per heavy atom. The Hall–Kier alpha value is -1.62. The number of nitrogens with two attached hydrogens (primary N) is 1. The molecule has 2 aromatic rings. The van der Waals surface area contributed by atoms with E-state index in [0.717, 1.165) is 36.4 Å². The SMILES string of the molecule is Cc1coc(-c2nc3c(o2)CCC(CN)C3)n1. The number of rotatable bonds is 2. The van der Waals surface area contributed by atoms with Gasteiger partial charge >= 0.3 is 0 Å². The van der Waals surface area contributed by atoms with E-state index in [1.807, 2.05) is 6.92 Å². The van der Waals surface area contributed by atoms with Crippen LogP contribution in [0.2, 0.25) is 0 Å². The number of hydrogen-bond donors (Lipinski definition) is 1. The molecule has 3 rings (SSSR count). The van der Waals surface area contributed by atoms with Gasteiger partial charge in [0.05, 0.1) is 11.4 Å². The monoisotopic (exact) mass is 233 g/mol. The third kappa shape index (κ3) is 1.86. The lowest BCUT2D eigenvalue weighted by molar-refractivity contribution is 0.409. The Labute approximate surface area is 99.0 Å². The van der Waals surface area contributed by atoms with E-state index in [1.165, 1.54) is 0 Å². The fraction of sp³-hybridized carbons (Fsp3) is 0.500. The molecule has 1 unspecified atom stereocenters. The van der Waals surface area contributed by atoms with Gasteiger partial charge in [-0.1, -0.05) is 0 Å². The summed E-state index contributed by atoms with van der Waals surface area (Å²) >= 11 is 0. The summed E-state index contributed by atoms with van der Waals surface area (Å²) in [6, 6.07) is 0. The average molecular weight is 233 g/mol. The van der Waals surface area contributed by atoms with Crippen molar-refractivity contribution in [3.63, 3.8) is 0 Å². The number of fused-ring (bicyclic) bond motifs is 1. The molecule has 0 radical (unpaired) electrons. The standard InChI is InChI=1S/C12H15N3O2/c1-7-6-16-11(14-7)12-15-9-4-8(5-13)2-3-10(9)17-12/h6,8H,2-5,13H2,1H3. The summed E-state index contributed by atoms with van der Waals surface area (Å²) in [7, 11) is 0. The smallest absolute Gasteiger partial charge is 0.284 e. The van der Waals surface area contributed by atoms with Gasteiger partial charge in [-0.25, -0.2) is 9.97 Å². The zero-order chi connectivity index (χ0) is 11.8. The third-order valence-corrected chi connectivity index (χ3v) is 3.18. The lowest BCUT2D eigenvalue weighted by atomic mass is 9.90. The Bertz CT molecular complexity index is 530.